The average Bonchev–Trinajstić information content (AvgIpc) is 3.71. The summed E-state index contributed by atoms with van der Waals surface area (Å²) in [6.07, 6.45) is 8.92. The van der Waals surface area contributed by atoms with Gasteiger partial charge < -0.3 is 0 Å². The number of pyridine rings is 2. The summed E-state index contributed by atoms with van der Waals surface area (Å²) in [5.41, 5.74) is 15.9. The van der Waals surface area contributed by atoms with Gasteiger partial charge in [0.15, 0.2) is 0 Å². The molecule has 2 heterocycles. The Labute approximate surface area is 336 Å². The molecular formula is C48H50Cl2N2SiZr. The SMILES string of the molecule is CC1=Cc2c(-c3ccccn3)cc(C(C)C)cc2[CH]1[Zr](=[SiH2])([c]1ccccc1)([c]1ccccc1)[CH]1C(C)=Cc2c(-c3ccccn3)cc(C(C)C)cc21.Cl.Cl. The Morgan fingerprint density at radius 1 is 0.519 bits per heavy atom. The van der Waals surface area contributed by atoms with Crippen LogP contribution < -0.4 is 6.54 Å². The minimum Gasteiger partial charge on any atom is -0.147 e. The number of allylic oxidation sites excluding steroid dienone is 2. The van der Waals surface area contributed by atoms with Gasteiger partial charge in [-0.05, 0) is 0 Å². The van der Waals surface area contributed by atoms with Gasteiger partial charge in [0.25, 0.3) is 0 Å². The fourth-order valence-corrected chi connectivity index (χ4v) is 39.0. The molecule has 0 radical (unpaired) electrons. The quantitative estimate of drug-likeness (QED) is 0.143. The van der Waals surface area contributed by atoms with Crippen molar-refractivity contribution in [2.24, 2.45) is 0 Å². The second-order valence-corrected chi connectivity index (χ2v) is 38.6. The Bertz CT molecular complexity index is 2270. The number of hydrogen-bond donors (Lipinski definition) is 0. The largest absolute Gasteiger partial charge is 0.147 e. The summed E-state index contributed by atoms with van der Waals surface area (Å²) in [7, 11) is 0. The molecule has 4 aromatic carbocycles. The summed E-state index contributed by atoms with van der Waals surface area (Å²) >= 11 is -4.82. The fourth-order valence-electron chi connectivity index (χ4n) is 9.86. The zero-order chi connectivity index (χ0) is 36.2. The number of fused-ring (bicyclic) bond motifs is 2. The first kappa shape index (κ1) is 40.0. The van der Waals surface area contributed by atoms with Crippen LogP contribution in [0.5, 0.6) is 0 Å². The molecule has 274 valence electrons. The smallest absolute Gasteiger partial charge is 0.147 e. The third-order valence-electron chi connectivity index (χ3n) is 12.2. The Morgan fingerprint density at radius 2 is 0.889 bits per heavy atom. The van der Waals surface area contributed by atoms with Crippen LogP contribution in [-0.2, 0) is 17.4 Å². The molecule has 0 amide bonds. The normalized spacial score (nSPS) is 16.2. The van der Waals surface area contributed by atoms with Gasteiger partial charge in [0.05, 0.1) is 0 Å². The first-order valence-electron chi connectivity index (χ1n) is 18.8. The molecule has 2 unspecified atom stereocenters. The molecular weight excluding hydrogens is 795 g/mol. The second kappa shape index (κ2) is 15.5. The summed E-state index contributed by atoms with van der Waals surface area (Å²) in [6, 6.07) is 46.1. The number of benzene rings is 4. The number of hydrogen-bond acceptors (Lipinski definition) is 2. The molecule has 54 heavy (non-hydrogen) atoms. The van der Waals surface area contributed by atoms with Crippen molar-refractivity contribution in [3.8, 4) is 22.5 Å². The first-order valence-corrected chi connectivity index (χ1v) is 30.0. The van der Waals surface area contributed by atoms with Gasteiger partial charge in [0, 0.05) is 0 Å². The number of aromatic nitrogens is 2. The van der Waals surface area contributed by atoms with E-state index >= 15 is 0 Å². The minimum absolute atomic E-state index is 0. The number of halogens is 2. The molecule has 0 saturated carbocycles. The maximum absolute atomic E-state index is 4.93. The van der Waals surface area contributed by atoms with Crippen molar-refractivity contribution in [2.75, 3.05) is 0 Å². The van der Waals surface area contributed by atoms with Crippen molar-refractivity contribution in [1.29, 1.82) is 0 Å². The van der Waals surface area contributed by atoms with Crippen LogP contribution in [0.3, 0.4) is 0 Å². The van der Waals surface area contributed by atoms with E-state index in [1.54, 1.807) is 0 Å². The van der Waals surface area contributed by atoms with E-state index in [-0.39, 0.29) is 32.1 Å². The molecule has 6 aromatic rings. The molecule has 0 fully saturated rings. The standard InChI is InChI=1S/2C18H18N.2C6H5.2ClH.H2Si.Zr/c2*1-12(2)14-10-15-8-13(3)9-16(15)17(11-14)18-6-4-5-7-19-18;2*1-2-4-6-5-3-1;;;;/h2*4-12H,1-3H3;2*1-5H;2*1H;1H2;. The van der Waals surface area contributed by atoms with Gasteiger partial charge in [-0.1, -0.05) is 0 Å². The molecule has 2 aromatic heterocycles. The maximum Gasteiger partial charge on any atom is -0.147 e. The average molecular weight is 845 g/mol. The molecule has 2 aliphatic carbocycles. The van der Waals surface area contributed by atoms with Crippen molar-refractivity contribution in [1.82, 2.24) is 9.97 Å². The monoisotopic (exact) mass is 842 g/mol. The number of rotatable bonds is 8. The molecule has 0 aliphatic heterocycles. The van der Waals surface area contributed by atoms with E-state index < -0.39 is 17.4 Å². The van der Waals surface area contributed by atoms with E-state index in [1.807, 2.05) is 24.5 Å². The molecule has 0 saturated heterocycles. The molecule has 0 spiro atoms. The van der Waals surface area contributed by atoms with E-state index in [1.165, 1.54) is 62.2 Å². The van der Waals surface area contributed by atoms with Crippen LogP contribution in [-0.4, -0.2) is 16.8 Å². The fraction of sp³-hybridized carbons (Fsp3) is 0.208. The van der Waals surface area contributed by atoms with Crippen LogP contribution in [0.4, 0.5) is 0 Å². The van der Waals surface area contributed by atoms with Gasteiger partial charge >= 0.3 is 314 Å². The summed E-state index contributed by atoms with van der Waals surface area (Å²) < 4.78 is 3.55. The van der Waals surface area contributed by atoms with Crippen molar-refractivity contribution >= 4 is 50.4 Å². The number of nitrogens with zero attached hydrogens (tertiary/aromatic N) is 2. The Hall–Kier alpha value is -3.66. The Kier molecular flexibility index (Phi) is 11.5. The molecule has 2 nitrogen and oxygen atoms in total. The van der Waals surface area contributed by atoms with E-state index in [9.17, 15) is 0 Å². The van der Waals surface area contributed by atoms with E-state index in [0.717, 1.165) is 11.4 Å². The Morgan fingerprint density at radius 3 is 1.22 bits per heavy atom. The molecule has 8 rings (SSSR count). The second-order valence-electron chi connectivity index (χ2n) is 15.9. The zero-order valence-electron chi connectivity index (χ0n) is 32.1. The molecule has 0 bridgehead atoms. The minimum atomic E-state index is -4.82. The van der Waals surface area contributed by atoms with Crippen LogP contribution >= 0.6 is 24.8 Å². The van der Waals surface area contributed by atoms with Gasteiger partial charge in [-0.3, -0.25) is 0 Å². The van der Waals surface area contributed by atoms with Gasteiger partial charge in [0.2, 0.25) is 0 Å². The predicted molar refractivity (Wildman–Crippen MR) is 235 cm³/mol. The Balaban J connectivity index is 0.00000249. The summed E-state index contributed by atoms with van der Waals surface area (Å²) in [6.45, 7) is 16.6. The molecule has 2 atom stereocenters. The van der Waals surface area contributed by atoms with Crippen LogP contribution in [0.1, 0.15) is 94.0 Å². The van der Waals surface area contributed by atoms with Gasteiger partial charge in [0.1, 0.15) is 0 Å². The van der Waals surface area contributed by atoms with Crippen LogP contribution in [0.2, 0.25) is 0 Å². The zero-order valence-corrected chi connectivity index (χ0v) is 37.6. The van der Waals surface area contributed by atoms with E-state index in [2.05, 4.69) is 170 Å². The third-order valence-corrected chi connectivity index (χ3v) is 40.4. The van der Waals surface area contributed by atoms with Crippen LogP contribution in [0, 0.1) is 0 Å². The van der Waals surface area contributed by atoms with Crippen LogP contribution in [0.15, 0.2) is 145 Å². The van der Waals surface area contributed by atoms with Gasteiger partial charge in [-0.25, -0.2) is 0 Å². The van der Waals surface area contributed by atoms with Crippen molar-refractivity contribution in [3.63, 3.8) is 0 Å². The maximum atomic E-state index is 4.93. The topological polar surface area (TPSA) is 25.8 Å². The first-order chi connectivity index (χ1) is 25.1. The summed E-state index contributed by atoms with van der Waals surface area (Å²) in [5.74, 6) is 0.761. The van der Waals surface area contributed by atoms with Crippen molar-refractivity contribution in [3.05, 3.63) is 178 Å². The van der Waals surface area contributed by atoms with Gasteiger partial charge in [-0.2, -0.15) is 0 Å². The molecule has 2 aliphatic rings. The summed E-state index contributed by atoms with van der Waals surface area (Å²) in [4.78, 5) is 9.86. The summed E-state index contributed by atoms with van der Waals surface area (Å²) in [5, 5.41) is 0. The molecule has 0 N–H and O–H groups in total. The van der Waals surface area contributed by atoms with Crippen molar-refractivity contribution in [2.45, 2.75) is 60.6 Å². The molecule has 6 heteroatoms. The van der Waals surface area contributed by atoms with E-state index in [0.29, 0.717) is 11.8 Å². The third kappa shape index (κ3) is 6.19. The predicted octanol–water partition coefficient (Wildman–Crippen LogP) is 11.4. The van der Waals surface area contributed by atoms with Crippen LogP contribution in [0.25, 0.3) is 34.7 Å². The van der Waals surface area contributed by atoms with Gasteiger partial charge in [-0.15, -0.1) is 24.8 Å². The van der Waals surface area contributed by atoms with E-state index in [4.69, 9.17) is 9.97 Å². The van der Waals surface area contributed by atoms with Crippen molar-refractivity contribution < 1.29 is 17.4 Å².